The Labute approximate surface area is 123 Å². The number of fused-ring (bicyclic) bond motifs is 1. The number of ether oxygens (including phenoxy) is 2. The number of benzene rings is 1. The predicted octanol–water partition coefficient (Wildman–Crippen LogP) is 4.76. The van der Waals surface area contributed by atoms with E-state index < -0.39 is 0 Å². The lowest BCUT2D eigenvalue weighted by atomic mass is 9.91. The lowest BCUT2D eigenvalue weighted by molar-refractivity contribution is 0.137. The normalized spacial score (nSPS) is 16.2. The van der Waals surface area contributed by atoms with Gasteiger partial charge in [-0.2, -0.15) is 0 Å². The van der Waals surface area contributed by atoms with Crippen molar-refractivity contribution in [1.29, 1.82) is 0 Å². The average molecular weight is 276 g/mol. The summed E-state index contributed by atoms with van der Waals surface area (Å²) in [5.74, 6) is 2.20. The summed E-state index contributed by atoms with van der Waals surface area (Å²) >= 11 is 0. The van der Waals surface area contributed by atoms with E-state index in [4.69, 9.17) is 9.47 Å². The molecule has 0 aromatic heterocycles. The van der Waals surface area contributed by atoms with Gasteiger partial charge in [0.05, 0.1) is 6.10 Å². The molecule has 20 heavy (non-hydrogen) atoms. The molecule has 0 bridgehead atoms. The van der Waals surface area contributed by atoms with Crippen LogP contribution in [0.3, 0.4) is 0 Å². The molecular weight excluding hydrogens is 248 g/mol. The van der Waals surface area contributed by atoms with Crippen LogP contribution in [0.1, 0.15) is 63.3 Å². The van der Waals surface area contributed by atoms with E-state index in [1.807, 2.05) is 0 Å². The second-order valence-electron chi connectivity index (χ2n) is 6.82. The fraction of sp³-hybridized carbons (Fsp3) is 0.667. The van der Waals surface area contributed by atoms with Crippen molar-refractivity contribution in [3.8, 4) is 11.5 Å². The highest BCUT2D eigenvalue weighted by Gasteiger charge is 2.35. The second kappa shape index (κ2) is 5.31. The van der Waals surface area contributed by atoms with Gasteiger partial charge < -0.3 is 9.47 Å². The van der Waals surface area contributed by atoms with Gasteiger partial charge in [-0.25, -0.2) is 0 Å². The van der Waals surface area contributed by atoms with E-state index >= 15 is 0 Å². The van der Waals surface area contributed by atoms with Gasteiger partial charge in [0, 0.05) is 17.5 Å². The summed E-state index contributed by atoms with van der Waals surface area (Å²) in [6, 6.07) is 0. The van der Waals surface area contributed by atoms with Gasteiger partial charge in [-0.1, -0.05) is 13.3 Å². The fourth-order valence-electron chi connectivity index (χ4n) is 3.12. The fourth-order valence-corrected chi connectivity index (χ4v) is 3.12. The maximum atomic E-state index is 6.24. The smallest absolute Gasteiger partial charge is 0.127 e. The highest BCUT2D eigenvalue weighted by Crippen LogP contribution is 2.46. The van der Waals surface area contributed by atoms with Crippen LogP contribution in [0.25, 0.3) is 0 Å². The van der Waals surface area contributed by atoms with Crippen molar-refractivity contribution >= 4 is 0 Å². The lowest BCUT2D eigenvalue weighted by Gasteiger charge is -2.22. The van der Waals surface area contributed by atoms with E-state index in [-0.39, 0.29) is 11.7 Å². The Hall–Kier alpha value is -1.18. The van der Waals surface area contributed by atoms with E-state index in [0.717, 1.165) is 30.8 Å². The van der Waals surface area contributed by atoms with Crippen molar-refractivity contribution in [2.45, 2.75) is 79.4 Å². The molecule has 0 radical (unpaired) electrons. The van der Waals surface area contributed by atoms with Crippen LogP contribution in [0.4, 0.5) is 0 Å². The SMILES string of the molecule is CCCc1c(C)c(OC(C)C)c(C)c2c1OC(C)(C)C2. The molecule has 2 nitrogen and oxygen atoms in total. The van der Waals surface area contributed by atoms with Gasteiger partial charge in [-0.3, -0.25) is 0 Å². The molecule has 0 atom stereocenters. The largest absolute Gasteiger partial charge is 0.490 e. The minimum absolute atomic E-state index is 0.0987. The maximum absolute atomic E-state index is 6.24. The van der Waals surface area contributed by atoms with Crippen LogP contribution in [-0.2, 0) is 12.8 Å². The van der Waals surface area contributed by atoms with Crippen LogP contribution >= 0.6 is 0 Å². The quantitative estimate of drug-likeness (QED) is 0.789. The number of hydrogen-bond donors (Lipinski definition) is 0. The molecule has 0 unspecified atom stereocenters. The standard InChI is InChI=1S/C18H28O2/c1-8-9-14-12(4)16(19-11(2)3)13(5)15-10-18(6,7)20-17(14)15/h11H,8-10H2,1-7H3. The van der Waals surface area contributed by atoms with E-state index in [0.29, 0.717) is 0 Å². The average Bonchev–Trinajstić information content (AvgIpc) is 2.66. The third-order valence-electron chi connectivity index (χ3n) is 3.97. The van der Waals surface area contributed by atoms with Crippen LogP contribution in [-0.4, -0.2) is 11.7 Å². The van der Waals surface area contributed by atoms with Gasteiger partial charge in [-0.05, 0) is 59.1 Å². The molecule has 1 aliphatic rings. The zero-order valence-electron chi connectivity index (χ0n) is 14.0. The van der Waals surface area contributed by atoms with Crippen molar-refractivity contribution in [2.24, 2.45) is 0 Å². The van der Waals surface area contributed by atoms with Crippen molar-refractivity contribution in [3.05, 3.63) is 22.3 Å². The third-order valence-corrected chi connectivity index (χ3v) is 3.97. The summed E-state index contributed by atoms with van der Waals surface area (Å²) in [7, 11) is 0. The summed E-state index contributed by atoms with van der Waals surface area (Å²) < 4.78 is 12.3. The Morgan fingerprint density at radius 2 is 1.85 bits per heavy atom. The second-order valence-corrected chi connectivity index (χ2v) is 6.82. The summed E-state index contributed by atoms with van der Waals surface area (Å²) in [6.07, 6.45) is 3.36. The molecule has 1 aromatic rings. The predicted molar refractivity (Wildman–Crippen MR) is 84.1 cm³/mol. The molecule has 0 amide bonds. The lowest BCUT2D eigenvalue weighted by Crippen LogP contribution is -2.25. The molecule has 0 N–H and O–H groups in total. The Morgan fingerprint density at radius 3 is 2.40 bits per heavy atom. The number of rotatable bonds is 4. The Morgan fingerprint density at radius 1 is 1.20 bits per heavy atom. The molecule has 0 spiro atoms. The molecule has 0 aliphatic carbocycles. The highest BCUT2D eigenvalue weighted by atomic mass is 16.5. The Kier molecular flexibility index (Phi) is 4.04. The molecule has 0 saturated heterocycles. The van der Waals surface area contributed by atoms with Crippen LogP contribution in [0.2, 0.25) is 0 Å². The summed E-state index contributed by atoms with van der Waals surface area (Å²) in [6.45, 7) is 15.1. The molecule has 2 heteroatoms. The van der Waals surface area contributed by atoms with Crippen molar-refractivity contribution in [3.63, 3.8) is 0 Å². The van der Waals surface area contributed by atoms with Gasteiger partial charge in [0.1, 0.15) is 17.1 Å². The molecular formula is C18H28O2. The summed E-state index contributed by atoms with van der Waals surface area (Å²) in [5, 5.41) is 0. The zero-order valence-corrected chi connectivity index (χ0v) is 14.0. The molecule has 0 saturated carbocycles. The molecule has 2 rings (SSSR count). The van der Waals surface area contributed by atoms with E-state index in [1.165, 1.54) is 22.3 Å². The molecule has 1 aromatic carbocycles. The first-order valence-corrected chi connectivity index (χ1v) is 7.77. The van der Waals surface area contributed by atoms with Crippen LogP contribution < -0.4 is 9.47 Å². The monoisotopic (exact) mass is 276 g/mol. The van der Waals surface area contributed by atoms with Gasteiger partial charge in [0.2, 0.25) is 0 Å². The molecule has 1 aliphatic heterocycles. The van der Waals surface area contributed by atoms with Crippen LogP contribution in [0, 0.1) is 13.8 Å². The van der Waals surface area contributed by atoms with Gasteiger partial charge in [-0.15, -0.1) is 0 Å². The van der Waals surface area contributed by atoms with E-state index in [2.05, 4.69) is 48.5 Å². The van der Waals surface area contributed by atoms with Gasteiger partial charge in [0.15, 0.2) is 0 Å². The van der Waals surface area contributed by atoms with E-state index in [9.17, 15) is 0 Å². The molecule has 1 heterocycles. The minimum atomic E-state index is -0.0987. The Bertz CT molecular complexity index is 509. The maximum Gasteiger partial charge on any atom is 0.127 e. The van der Waals surface area contributed by atoms with Gasteiger partial charge in [0.25, 0.3) is 0 Å². The highest BCUT2D eigenvalue weighted by molar-refractivity contribution is 5.60. The molecule has 0 fully saturated rings. The van der Waals surface area contributed by atoms with Crippen molar-refractivity contribution in [1.82, 2.24) is 0 Å². The first kappa shape index (κ1) is 15.2. The van der Waals surface area contributed by atoms with Crippen molar-refractivity contribution in [2.75, 3.05) is 0 Å². The first-order chi connectivity index (χ1) is 9.26. The summed E-state index contributed by atoms with van der Waals surface area (Å²) in [5.41, 5.74) is 5.11. The first-order valence-electron chi connectivity index (χ1n) is 7.77. The zero-order chi connectivity index (χ0) is 15.1. The summed E-state index contributed by atoms with van der Waals surface area (Å²) in [4.78, 5) is 0. The third kappa shape index (κ3) is 2.65. The van der Waals surface area contributed by atoms with E-state index in [1.54, 1.807) is 0 Å². The minimum Gasteiger partial charge on any atom is -0.490 e. The topological polar surface area (TPSA) is 18.5 Å². The Balaban J connectivity index is 2.61. The van der Waals surface area contributed by atoms with Gasteiger partial charge >= 0.3 is 0 Å². The number of hydrogen-bond acceptors (Lipinski definition) is 2. The molecule has 112 valence electrons. The van der Waals surface area contributed by atoms with Crippen molar-refractivity contribution < 1.29 is 9.47 Å². The van der Waals surface area contributed by atoms with Crippen LogP contribution in [0.5, 0.6) is 11.5 Å². The van der Waals surface area contributed by atoms with Crippen LogP contribution in [0.15, 0.2) is 0 Å².